The number of guanidine groups is 1. The van der Waals surface area contributed by atoms with Crippen molar-refractivity contribution in [1.82, 2.24) is 20.2 Å². The number of anilines is 1. The molecule has 33 heavy (non-hydrogen) atoms. The average Bonchev–Trinajstić information content (AvgIpc) is 2.86. The molecule has 10 heteroatoms. The molecule has 9 nitrogen and oxygen atoms in total. The van der Waals surface area contributed by atoms with E-state index in [0.717, 1.165) is 49.2 Å². The summed E-state index contributed by atoms with van der Waals surface area (Å²) in [5.74, 6) is 1.56. The second-order valence-corrected chi connectivity index (χ2v) is 7.43. The van der Waals surface area contributed by atoms with Gasteiger partial charge in [0, 0.05) is 57.3 Å². The molecule has 4 rings (SSSR count). The van der Waals surface area contributed by atoms with Crippen LogP contribution in [0, 0.1) is 10.1 Å². The molecule has 0 unspecified atom stereocenters. The van der Waals surface area contributed by atoms with Crippen LogP contribution in [0.1, 0.15) is 11.1 Å². The van der Waals surface area contributed by atoms with Crippen LogP contribution >= 0.6 is 24.0 Å². The van der Waals surface area contributed by atoms with E-state index in [-0.39, 0.29) is 34.6 Å². The molecule has 1 aliphatic heterocycles. The molecule has 1 fully saturated rings. The summed E-state index contributed by atoms with van der Waals surface area (Å²) in [6, 6.07) is 18.5. The highest BCUT2D eigenvalue weighted by Gasteiger charge is 2.21. The van der Waals surface area contributed by atoms with Crippen LogP contribution in [0.15, 0.2) is 78.0 Å². The van der Waals surface area contributed by atoms with Gasteiger partial charge in [0.25, 0.3) is 5.69 Å². The largest absolute Gasteiger partial charge is 0.352 e. The van der Waals surface area contributed by atoms with Crippen LogP contribution in [0.3, 0.4) is 0 Å². The Kier molecular flexibility index (Phi) is 8.93. The number of nitrogens with zero attached hydrogens (tertiary/aromatic N) is 6. The highest BCUT2D eigenvalue weighted by Crippen LogP contribution is 2.13. The number of hydrogen-bond acceptors (Lipinski definition) is 6. The molecule has 0 atom stereocenters. The Morgan fingerprint density at radius 3 is 2.24 bits per heavy atom. The van der Waals surface area contributed by atoms with Gasteiger partial charge in [-0.25, -0.2) is 15.0 Å². The van der Waals surface area contributed by atoms with E-state index >= 15 is 0 Å². The van der Waals surface area contributed by atoms with Crippen LogP contribution < -0.4 is 10.2 Å². The molecular formula is C23H26IN7O2. The number of non-ortho nitro benzene ring substituents is 1. The molecular weight excluding hydrogens is 533 g/mol. The summed E-state index contributed by atoms with van der Waals surface area (Å²) in [6.45, 7) is 4.29. The zero-order valence-corrected chi connectivity index (χ0v) is 20.4. The lowest BCUT2D eigenvalue weighted by atomic mass is 10.2. The van der Waals surface area contributed by atoms with Gasteiger partial charge in [0.1, 0.15) is 0 Å². The Balaban J connectivity index is 0.00000306. The zero-order valence-electron chi connectivity index (χ0n) is 18.1. The Bertz CT molecular complexity index is 1040. The van der Waals surface area contributed by atoms with Gasteiger partial charge in [0.05, 0.1) is 11.5 Å². The van der Waals surface area contributed by atoms with E-state index in [2.05, 4.69) is 37.2 Å². The molecule has 0 amide bonds. The normalized spacial score (nSPS) is 13.9. The molecule has 2 heterocycles. The van der Waals surface area contributed by atoms with Crippen molar-refractivity contribution in [2.24, 2.45) is 4.99 Å². The fraction of sp³-hybridized carbons (Fsp3) is 0.261. The minimum absolute atomic E-state index is 0. The van der Waals surface area contributed by atoms with Crippen molar-refractivity contribution >= 4 is 41.6 Å². The lowest BCUT2D eigenvalue weighted by Gasteiger charge is -2.36. The molecule has 3 aromatic rings. The van der Waals surface area contributed by atoms with Crippen molar-refractivity contribution in [2.45, 2.75) is 13.1 Å². The van der Waals surface area contributed by atoms with Gasteiger partial charge in [0.15, 0.2) is 5.96 Å². The van der Waals surface area contributed by atoms with Crippen molar-refractivity contribution in [3.63, 3.8) is 0 Å². The van der Waals surface area contributed by atoms with Gasteiger partial charge >= 0.3 is 0 Å². The van der Waals surface area contributed by atoms with E-state index in [9.17, 15) is 10.1 Å². The number of aliphatic imine (C=N–C) groups is 1. The Hall–Kier alpha value is -3.28. The lowest BCUT2D eigenvalue weighted by molar-refractivity contribution is -0.384. The molecule has 0 saturated carbocycles. The summed E-state index contributed by atoms with van der Waals surface area (Å²) < 4.78 is 0. The smallest absolute Gasteiger partial charge is 0.269 e. The maximum absolute atomic E-state index is 10.9. The third-order valence-electron chi connectivity index (χ3n) is 5.27. The molecule has 0 radical (unpaired) electrons. The molecule has 1 aromatic heterocycles. The first kappa shape index (κ1) is 24.4. The van der Waals surface area contributed by atoms with E-state index in [4.69, 9.17) is 4.99 Å². The van der Waals surface area contributed by atoms with Crippen LogP contribution in [-0.2, 0) is 13.1 Å². The predicted octanol–water partition coefficient (Wildman–Crippen LogP) is 3.47. The summed E-state index contributed by atoms with van der Waals surface area (Å²) in [5, 5.41) is 14.3. The molecule has 1 saturated heterocycles. The standard InChI is InChI=1S/C23H25N7O2.HI/c31-30(32)21-9-7-20(8-10-21)18-27-23(26-17-19-5-2-1-3-6-19)29-15-13-28(14-16-29)22-24-11-4-12-25-22;/h1-12H,13-18H2,(H,26,27);1H. The van der Waals surface area contributed by atoms with Gasteiger partial charge in [-0.1, -0.05) is 42.5 Å². The fourth-order valence-electron chi connectivity index (χ4n) is 3.51. The summed E-state index contributed by atoms with van der Waals surface area (Å²) in [7, 11) is 0. The van der Waals surface area contributed by atoms with Crippen LogP contribution in [0.5, 0.6) is 0 Å². The topological polar surface area (TPSA) is 99.8 Å². The molecule has 0 aliphatic carbocycles. The predicted molar refractivity (Wildman–Crippen MR) is 139 cm³/mol. The highest BCUT2D eigenvalue weighted by molar-refractivity contribution is 14.0. The molecule has 0 bridgehead atoms. The number of hydrogen-bond donors (Lipinski definition) is 1. The number of halogens is 1. The number of benzene rings is 2. The number of aromatic nitrogens is 2. The van der Waals surface area contributed by atoms with E-state index in [1.807, 2.05) is 24.3 Å². The van der Waals surface area contributed by atoms with Crippen molar-refractivity contribution in [2.75, 3.05) is 31.1 Å². The van der Waals surface area contributed by atoms with Gasteiger partial charge in [-0.2, -0.15) is 0 Å². The first-order valence-corrected chi connectivity index (χ1v) is 10.5. The third-order valence-corrected chi connectivity index (χ3v) is 5.27. The molecule has 2 aromatic carbocycles. The van der Waals surface area contributed by atoms with Gasteiger partial charge in [-0.05, 0) is 17.2 Å². The van der Waals surface area contributed by atoms with Crippen molar-refractivity contribution in [1.29, 1.82) is 0 Å². The van der Waals surface area contributed by atoms with Crippen LogP contribution in [0.4, 0.5) is 11.6 Å². The lowest BCUT2D eigenvalue weighted by Crippen LogP contribution is -2.52. The van der Waals surface area contributed by atoms with Crippen molar-refractivity contribution in [3.05, 3.63) is 94.3 Å². The SMILES string of the molecule is I.O=[N+]([O-])c1ccc(CNC(=NCc2ccccc2)N2CCN(c3ncccn3)CC2)cc1. The molecule has 0 spiro atoms. The van der Waals surface area contributed by atoms with Gasteiger partial charge in [-0.15, -0.1) is 24.0 Å². The minimum atomic E-state index is -0.389. The quantitative estimate of drug-likeness (QED) is 0.162. The maximum atomic E-state index is 10.9. The average molecular weight is 559 g/mol. The summed E-state index contributed by atoms with van der Waals surface area (Å²) >= 11 is 0. The summed E-state index contributed by atoms with van der Waals surface area (Å²) in [6.07, 6.45) is 3.51. The Morgan fingerprint density at radius 2 is 1.61 bits per heavy atom. The number of nitro groups is 1. The minimum Gasteiger partial charge on any atom is -0.352 e. The van der Waals surface area contributed by atoms with Crippen LogP contribution in [0.25, 0.3) is 0 Å². The van der Waals surface area contributed by atoms with Gasteiger partial charge in [-0.3, -0.25) is 10.1 Å². The Labute approximate surface area is 209 Å². The molecule has 172 valence electrons. The van der Waals surface area contributed by atoms with E-state index < -0.39 is 0 Å². The number of piperazine rings is 1. The van der Waals surface area contributed by atoms with Crippen LogP contribution in [0.2, 0.25) is 0 Å². The molecule has 1 N–H and O–H groups in total. The van der Waals surface area contributed by atoms with E-state index in [1.165, 1.54) is 12.1 Å². The van der Waals surface area contributed by atoms with Gasteiger partial charge in [0.2, 0.25) is 5.95 Å². The number of nitrogens with one attached hydrogen (secondary N) is 1. The second-order valence-electron chi connectivity index (χ2n) is 7.43. The first-order chi connectivity index (χ1) is 15.7. The van der Waals surface area contributed by atoms with E-state index in [0.29, 0.717) is 13.1 Å². The Morgan fingerprint density at radius 1 is 0.939 bits per heavy atom. The third kappa shape index (κ3) is 6.85. The monoisotopic (exact) mass is 559 g/mol. The van der Waals surface area contributed by atoms with E-state index in [1.54, 1.807) is 24.5 Å². The zero-order chi connectivity index (χ0) is 22.2. The van der Waals surface area contributed by atoms with Crippen molar-refractivity contribution in [3.8, 4) is 0 Å². The van der Waals surface area contributed by atoms with Crippen molar-refractivity contribution < 1.29 is 4.92 Å². The fourth-order valence-corrected chi connectivity index (χ4v) is 3.51. The molecule has 1 aliphatic rings. The van der Waals surface area contributed by atoms with Crippen LogP contribution in [-0.4, -0.2) is 51.9 Å². The number of rotatable bonds is 6. The number of nitro benzene ring substituents is 1. The highest BCUT2D eigenvalue weighted by atomic mass is 127. The van der Waals surface area contributed by atoms with Gasteiger partial charge < -0.3 is 15.1 Å². The summed E-state index contributed by atoms with van der Waals surface area (Å²) in [4.78, 5) is 28.4. The maximum Gasteiger partial charge on any atom is 0.269 e. The first-order valence-electron chi connectivity index (χ1n) is 10.5. The summed E-state index contributed by atoms with van der Waals surface area (Å²) in [5.41, 5.74) is 2.18. The second kappa shape index (κ2) is 12.1.